The van der Waals surface area contributed by atoms with Gasteiger partial charge in [0.2, 0.25) is 11.8 Å². The van der Waals surface area contributed by atoms with Crippen molar-refractivity contribution in [3.05, 3.63) is 107 Å². The van der Waals surface area contributed by atoms with Gasteiger partial charge in [-0.25, -0.2) is 8.78 Å². The van der Waals surface area contributed by atoms with Crippen molar-refractivity contribution in [2.24, 2.45) is 5.73 Å². The summed E-state index contributed by atoms with van der Waals surface area (Å²) in [4.78, 5) is 0. The number of nitrogens with one attached hydrogen (secondary N) is 1. The molecule has 3 aromatic carbocycles. The van der Waals surface area contributed by atoms with E-state index in [9.17, 15) is 14.0 Å². The number of hydrogen-bond acceptors (Lipinski definition) is 6. The second kappa shape index (κ2) is 9.43. The molecule has 0 unspecified atom stereocenters. The summed E-state index contributed by atoms with van der Waals surface area (Å²) in [6, 6.07) is 20.1. The van der Waals surface area contributed by atoms with Crippen molar-refractivity contribution >= 4 is 0 Å². The van der Waals surface area contributed by atoms with E-state index in [0.29, 0.717) is 28.1 Å². The number of rotatable bonds is 6. The van der Waals surface area contributed by atoms with Crippen LogP contribution in [-0.4, -0.2) is 17.3 Å². The van der Waals surface area contributed by atoms with E-state index in [2.05, 4.69) is 16.3 Å². The van der Waals surface area contributed by atoms with Crippen LogP contribution in [0.3, 0.4) is 0 Å². The largest absolute Gasteiger partial charge is 0.496 e. The summed E-state index contributed by atoms with van der Waals surface area (Å²) in [5.74, 6) is -1.47. The summed E-state index contributed by atoms with van der Waals surface area (Å²) in [6.45, 7) is -0.0618. The highest BCUT2D eigenvalue weighted by Gasteiger charge is 2.36. The molecule has 0 fully saturated rings. The van der Waals surface area contributed by atoms with Crippen molar-refractivity contribution in [2.45, 2.75) is 12.5 Å². The Kier molecular flexibility index (Phi) is 6.00. The van der Waals surface area contributed by atoms with Gasteiger partial charge in [0.25, 0.3) is 0 Å². The number of allylic oxidation sites excluding steroid dienone is 1. The standard InChI is InChI=1S/C27H20F2N4O3/c1-34-21-9-7-16(11-17(21)14-35-22-10-8-18(28)12-20(22)29)23-19(13-30)26(31)36-27-24(23)25(32-33-27)15-5-3-2-4-6-15/h2-12,23H,14,31H2,1H3,(H,32,33)/t23-/m1/s1. The van der Waals surface area contributed by atoms with Gasteiger partial charge >= 0.3 is 0 Å². The average Bonchev–Trinajstić information content (AvgIpc) is 3.31. The monoisotopic (exact) mass is 486 g/mol. The van der Waals surface area contributed by atoms with Crippen molar-refractivity contribution in [3.63, 3.8) is 0 Å². The molecule has 0 amide bonds. The number of nitrogens with zero attached hydrogens (tertiary/aromatic N) is 2. The molecule has 5 rings (SSSR count). The van der Waals surface area contributed by atoms with Crippen molar-refractivity contribution in [1.29, 1.82) is 5.26 Å². The van der Waals surface area contributed by atoms with Crippen LogP contribution in [0.25, 0.3) is 11.3 Å². The van der Waals surface area contributed by atoms with Gasteiger partial charge in [0.1, 0.15) is 29.8 Å². The highest BCUT2D eigenvalue weighted by atomic mass is 19.1. The molecule has 1 aromatic heterocycles. The molecule has 0 saturated carbocycles. The van der Waals surface area contributed by atoms with Crippen LogP contribution in [0.5, 0.6) is 17.4 Å². The predicted octanol–water partition coefficient (Wildman–Crippen LogP) is 5.16. The third kappa shape index (κ3) is 4.09. The van der Waals surface area contributed by atoms with Crippen LogP contribution in [0.2, 0.25) is 0 Å². The lowest BCUT2D eigenvalue weighted by atomic mass is 9.82. The summed E-state index contributed by atoms with van der Waals surface area (Å²) >= 11 is 0. The minimum atomic E-state index is -0.812. The first kappa shape index (κ1) is 22.9. The molecule has 0 bridgehead atoms. The Morgan fingerprint density at radius 2 is 1.86 bits per heavy atom. The van der Waals surface area contributed by atoms with Gasteiger partial charge in [-0.15, -0.1) is 5.10 Å². The van der Waals surface area contributed by atoms with E-state index in [-0.39, 0.29) is 29.7 Å². The Labute approximate surface area is 205 Å². The number of benzene rings is 3. The molecule has 0 spiro atoms. The highest BCUT2D eigenvalue weighted by Crippen LogP contribution is 2.46. The molecular formula is C27H20F2N4O3. The Hall–Kier alpha value is -4.84. The zero-order valence-electron chi connectivity index (χ0n) is 19.1. The molecule has 1 aliphatic heterocycles. The van der Waals surface area contributed by atoms with E-state index in [1.54, 1.807) is 12.1 Å². The number of aromatic amines is 1. The van der Waals surface area contributed by atoms with Crippen molar-refractivity contribution < 1.29 is 23.0 Å². The van der Waals surface area contributed by atoms with E-state index >= 15 is 0 Å². The number of hydrogen-bond donors (Lipinski definition) is 2. The lowest BCUT2D eigenvalue weighted by molar-refractivity contribution is 0.281. The molecule has 0 radical (unpaired) electrons. The van der Waals surface area contributed by atoms with Crippen molar-refractivity contribution in [3.8, 4) is 34.7 Å². The lowest BCUT2D eigenvalue weighted by Gasteiger charge is -2.25. The molecule has 3 N–H and O–H groups in total. The molecule has 9 heteroatoms. The van der Waals surface area contributed by atoms with Gasteiger partial charge in [0, 0.05) is 11.6 Å². The number of nitriles is 1. The Morgan fingerprint density at radius 1 is 1.08 bits per heavy atom. The second-order valence-corrected chi connectivity index (χ2v) is 8.04. The smallest absolute Gasteiger partial charge is 0.244 e. The van der Waals surface area contributed by atoms with Gasteiger partial charge < -0.3 is 19.9 Å². The fraction of sp³-hybridized carbons (Fsp3) is 0.111. The maximum atomic E-state index is 14.1. The first-order valence-corrected chi connectivity index (χ1v) is 11.0. The maximum absolute atomic E-state index is 14.1. The molecule has 1 aliphatic rings. The quantitative estimate of drug-likeness (QED) is 0.390. The zero-order valence-corrected chi connectivity index (χ0v) is 19.1. The zero-order chi connectivity index (χ0) is 25.2. The third-order valence-electron chi connectivity index (χ3n) is 5.92. The fourth-order valence-corrected chi connectivity index (χ4v) is 4.24. The first-order valence-electron chi connectivity index (χ1n) is 11.0. The maximum Gasteiger partial charge on any atom is 0.244 e. The summed E-state index contributed by atoms with van der Waals surface area (Å²) in [5, 5.41) is 17.3. The number of ether oxygens (including phenoxy) is 3. The van der Waals surface area contributed by atoms with Crippen LogP contribution in [0.4, 0.5) is 8.78 Å². The predicted molar refractivity (Wildman–Crippen MR) is 127 cm³/mol. The molecule has 7 nitrogen and oxygen atoms in total. The van der Waals surface area contributed by atoms with Gasteiger partial charge in [0.05, 0.1) is 24.3 Å². The molecule has 36 heavy (non-hydrogen) atoms. The van der Waals surface area contributed by atoms with E-state index in [4.69, 9.17) is 19.9 Å². The van der Waals surface area contributed by atoms with Crippen LogP contribution in [0.1, 0.15) is 22.6 Å². The van der Waals surface area contributed by atoms with Crippen molar-refractivity contribution in [2.75, 3.05) is 7.11 Å². The minimum Gasteiger partial charge on any atom is -0.496 e. The van der Waals surface area contributed by atoms with Crippen LogP contribution >= 0.6 is 0 Å². The molecular weight excluding hydrogens is 466 g/mol. The van der Waals surface area contributed by atoms with Crippen LogP contribution in [0.15, 0.2) is 78.2 Å². The van der Waals surface area contributed by atoms with Gasteiger partial charge in [-0.1, -0.05) is 36.4 Å². The summed E-state index contributed by atoms with van der Waals surface area (Å²) in [6.07, 6.45) is 0. The second-order valence-electron chi connectivity index (χ2n) is 8.04. The number of aromatic nitrogens is 2. The van der Waals surface area contributed by atoms with Crippen LogP contribution in [-0.2, 0) is 6.61 Å². The summed E-state index contributed by atoms with van der Waals surface area (Å²) in [7, 11) is 1.51. The Bertz CT molecular complexity index is 1510. The Morgan fingerprint density at radius 3 is 2.58 bits per heavy atom. The molecule has 0 saturated heterocycles. The minimum absolute atomic E-state index is 0.0388. The van der Waals surface area contributed by atoms with Gasteiger partial charge in [-0.3, -0.25) is 5.10 Å². The van der Waals surface area contributed by atoms with Gasteiger partial charge in [-0.05, 0) is 35.4 Å². The molecule has 0 aliphatic carbocycles. The topological polar surface area (TPSA) is 106 Å². The van der Waals surface area contributed by atoms with Crippen LogP contribution in [0, 0.1) is 23.0 Å². The molecule has 2 heterocycles. The summed E-state index contributed by atoms with van der Waals surface area (Å²) in [5.41, 5.74) is 9.83. The molecule has 180 valence electrons. The van der Waals surface area contributed by atoms with Crippen LogP contribution < -0.4 is 19.9 Å². The Balaban J connectivity index is 1.58. The fourth-order valence-electron chi connectivity index (χ4n) is 4.24. The molecule has 1 atom stereocenters. The number of halogens is 2. The average molecular weight is 486 g/mol. The van der Waals surface area contributed by atoms with E-state index in [0.717, 1.165) is 17.7 Å². The number of methoxy groups -OCH3 is 1. The SMILES string of the molecule is COc1ccc([C@@H]2C(C#N)=C(N)Oc3n[nH]c(-c4ccccc4)c32)cc1COc1ccc(F)cc1F. The van der Waals surface area contributed by atoms with Gasteiger partial charge in [0.15, 0.2) is 11.6 Å². The first-order chi connectivity index (χ1) is 17.5. The number of fused-ring (bicyclic) bond motifs is 1. The highest BCUT2D eigenvalue weighted by molar-refractivity contribution is 5.71. The number of nitrogens with two attached hydrogens (primary N) is 1. The normalized spacial score (nSPS) is 14.6. The third-order valence-corrected chi connectivity index (χ3v) is 5.92. The number of H-pyrrole nitrogens is 1. The van der Waals surface area contributed by atoms with E-state index in [1.807, 2.05) is 36.4 Å². The summed E-state index contributed by atoms with van der Waals surface area (Å²) < 4.78 is 44.1. The lowest BCUT2D eigenvalue weighted by Crippen LogP contribution is -2.21. The molecule has 4 aromatic rings. The van der Waals surface area contributed by atoms with E-state index in [1.165, 1.54) is 13.2 Å². The van der Waals surface area contributed by atoms with Gasteiger partial charge in [-0.2, -0.15) is 5.26 Å². The van der Waals surface area contributed by atoms with E-state index < -0.39 is 17.6 Å². The van der Waals surface area contributed by atoms with Crippen molar-refractivity contribution in [1.82, 2.24) is 10.2 Å².